The van der Waals surface area contributed by atoms with Gasteiger partial charge in [-0.1, -0.05) is 21.1 Å². The molecule has 2 aromatic rings. The highest BCUT2D eigenvalue weighted by atomic mass is 79.9. The van der Waals surface area contributed by atoms with Gasteiger partial charge in [0.25, 0.3) is 0 Å². The van der Waals surface area contributed by atoms with Gasteiger partial charge in [0.2, 0.25) is 0 Å². The average molecular weight is 318 g/mol. The number of nitrogens with one attached hydrogen (secondary N) is 1. The standard InChI is InChI=1S/C10H10BrF2N5/c1-18-8(4-15-17-18)10(16-14)9-6(12)2-5(11)3-7(9)13/h2-4,10,16H,14H2,1H3. The Morgan fingerprint density at radius 2 is 2.00 bits per heavy atom. The molecule has 0 aliphatic carbocycles. The minimum atomic E-state index is -0.863. The number of halogens is 3. The molecule has 1 aromatic carbocycles. The maximum Gasteiger partial charge on any atom is 0.132 e. The van der Waals surface area contributed by atoms with E-state index in [2.05, 4.69) is 31.7 Å². The summed E-state index contributed by atoms with van der Waals surface area (Å²) in [6.45, 7) is 0. The molecular weight excluding hydrogens is 308 g/mol. The van der Waals surface area contributed by atoms with Crippen molar-refractivity contribution in [2.45, 2.75) is 6.04 Å². The van der Waals surface area contributed by atoms with Crippen LogP contribution in [0.15, 0.2) is 22.8 Å². The van der Waals surface area contributed by atoms with Crippen LogP contribution in [-0.4, -0.2) is 15.0 Å². The molecule has 1 atom stereocenters. The first kappa shape index (κ1) is 13.1. The predicted molar refractivity (Wildman–Crippen MR) is 64.2 cm³/mol. The fourth-order valence-corrected chi connectivity index (χ4v) is 2.11. The fraction of sp³-hybridized carbons (Fsp3) is 0.200. The van der Waals surface area contributed by atoms with E-state index in [9.17, 15) is 8.78 Å². The zero-order valence-electron chi connectivity index (χ0n) is 9.36. The topological polar surface area (TPSA) is 68.8 Å². The van der Waals surface area contributed by atoms with Crippen molar-refractivity contribution in [1.29, 1.82) is 0 Å². The molecule has 0 radical (unpaired) electrons. The lowest BCUT2D eigenvalue weighted by Crippen LogP contribution is -2.31. The number of hydrazine groups is 1. The minimum absolute atomic E-state index is 0.175. The summed E-state index contributed by atoms with van der Waals surface area (Å²) >= 11 is 3.02. The quantitative estimate of drug-likeness (QED) is 0.663. The van der Waals surface area contributed by atoms with Crippen LogP contribution in [0.2, 0.25) is 0 Å². The summed E-state index contributed by atoms with van der Waals surface area (Å²) in [7, 11) is 1.61. The van der Waals surface area contributed by atoms with Crippen LogP contribution in [0.25, 0.3) is 0 Å². The SMILES string of the molecule is Cn1nncc1C(NN)c1c(F)cc(Br)cc1F. The molecule has 8 heteroatoms. The fourth-order valence-electron chi connectivity index (χ4n) is 1.70. The van der Waals surface area contributed by atoms with E-state index in [-0.39, 0.29) is 5.56 Å². The van der Waals surface area contributed by atoms with Gasteiger partial charge < -0.3 is 0 Å². The second-order valence-electron chi connectivity index (χ2n) is 3.67. The van der Waals surface area contributed by atoms with E-state index in [1.165, 1.54) is 23.0 Å². The molecular formula is C10H10BrF2N5. The normalized spacial score (nSPS) is 12.7. The van der Waals surface area contributed by atoms with Gasteiger partial charge in [0.15, 0.2) is 0 Å². The number of hydrogen-bond acceptors (Lipinski definition) is 4. The highest BCUT2D eigenvalue weighted by molar-refractivity contribution is 9.10. The summed E-state index contributed by atoms with van der Waals surface area (Å²) in [5, 5.41) is 7.36. The molecule has 0 fully saturated rings. The van der Waals surface area contributed by atoms with Gasteiger partial charge >= 0.3 is 0 Å². The van der Waals surface area contributed by atoms with E-state index in [0.29, 0.717) is 10.2 Å². The molecule has 0 saturated carbocycles. The van der Waals surface area contributed by atoms with E-state index in [1.54, 1.807) is 7.05 Å². The second-order valence-corrected chi connectivity index (χ2v) is 4.58. The van der Waals surface area contributed by atoms with Crippen molar-refractivity contribution in [3.63, 3.8) is 0 Å². The number of aromatic nitrogens is 3. The Labute approximate surface area is 110 Å². The van der Waals surface area contributed by atoms with Gasteiger partial charge in [-0.15, -0.1) is 5.10 Å². The Hall–Kier alpha value is -1.38. The van der Waals surface area contributed by atoms with Crippen LogP contribution in [0.4, 0.5) is 8.78 Å². The van der Waals surface area contributed by atoms with Crippen LogP contribution < -0.4 is 11.3 Å². The molecule has 1 unspecified atom stereocenters. The van der Waals surface area contributed by atoms with E-state index >= 15 is 0 Å². The Morgan fingerprint density at radius 3 is 2.44 bits per heavy atom. The summed E-state index contributed by atoms with van der Waals surface area (Å²) in [6, 6.07) is 1.48. The molecule has 0 spiro atoms. The first-order valence-electron chi connectivity index (χ1n) is 4.99. The highest BCUT2D eigenvalue weighted by Crippen LogP contribution is 2.28. The first-order chi connectivity index (χ1) is 8.54. The third-order valence-electron chi connectivity index (χ3n) is 2.54. The lowest BCUT2D eigenvalue weighted by atomic mass is 10.0. The largest absolute Gasteiger partial charge is 0.271 e. The molecule has 1 heterocycles. The molecule has 0 amide bonds. The summed E-state index contributed by atoms with van der Waals surface area (Å²) in [5.74, 6) is 3.97. The van der Waals surface area contributed by atoms with Crippen LogP contribution in [0.5, 0.6) is 0 Å². The van der Waals surface area contributed by atoms with Gasteiger partial charge in [-0.25, -0.2) is 14.2 Å². The number of rotatable bonds is 3. The number of hydrogen-bond donors (Lipinski definition) is 2. The number of nitrogens with two attached hydrogens (primary N) is 1. The van der Waals surface area contributed by atoms with Gasteiger partial charge in [-0.2, -0.15) is 0 Å². The third kappa shape index (κ3) is 2.26. The van der Waals surface area contributed by atoms with Gasteiger partial charge in [0, 0.05) is 17.1 Å². The highest BCUT2D eigenvalue weighted by Gasteiger charge is 2.24. The zero-order valence-corrected chi connectivity index (χ0v) is 10.9. The molecule has 5 nitrogen and oxygen atoms in total. The molecule has 1 aromatic heterocycles. The van der Waals surface area contributed by atoms with Crippen LogP contribution in [-0.2, 0) is 7.05 Å². The molecule has 2 rings (SSSR count). The van der Waals surface area contributed by atoms with Crippen LogP contribution in [0, 0.1) is 11.6 Å². The smallest absolute Gasteiger partial charge is 0.132 e. The van der Waals surface area contributed by atoms with Crippen molar-refractivity contribution in [3.8, 4) is 0 Å². The molecule has 3 N–H and O–H groups in total. The Morgan fingerprint density at radius 1 is 1.39 bits per heavy atom. The number of aryl methyl sites for hydroxylation is 1. The zero-order chi connectivity index (χ0) is 13.3. The van der Waals surface area contributed by atoms with Crippen molar-refractivity contribution in [1.82, 2.24) is 20.4 Å². The molecule has 18 heavy (non-hydrogen) atoms. The van der Waals surface area contributed by atoms with Crippen molar-refractivity contribution in [2.75, 3.05) is 0 Å². The predicted octanol–water partition coefficient (Wildman–Crippen LogP) is 1.41. The van der Waals surface area contributed by atoms with Gasteiger partial charge in [0.1, 0.15) is 11.6 Å². The molecule has 96 valence electrons. The van der Waals surface area contributed by atoms with E-state index in [1.807, 2.05) is 0 Å². The van der Waals surface area contributed by atoms with Crippen molar-refractivity contribution in [3.05, 3.63) is 45.7 Å². The molecule has 0 aliphatic heterocycles. The summed E-state index contributed by atoms with van der Waals surface area (Å²) in [5.41, 5.74) is 2.65. The monoisotopic (exact) mass is 317 g/mol. The van der Waals surface area contributed by atoms with Gasteiger partial charge in [-0.3, -0.25) is 10.5 Å². The van der Waals surface area contributed by atoms with E-state index in [4.69, 9.17) is 5.84 Å². The van der Waals surface area contributed by atoms with Crippen molar-refractivity contribution in [2.24, 2.45) is 12.9 Å². The molecule has 0 saturated heterocycles. The summed E-state index contributed by atoms with van der Waals surface area (Å²) < 4.78 is 29.4. The Kier molecular flexibility index (Phi) is 3.69. The van der Waals surface area contributed by atoms with E-state index < -0.39 is 17.7 Å². The second kappa shape index (κ2) is 5.09. The van der Waals surface area contributed by atoms with Crippen molar-refractivity contribution >= 4 is 15.9 Å². The lowest BCUT2D eigenvalue weighted by molar-refractivity contribution is 0.491. The van der Waals surface area contributed by atoms with Gasteiger partial charge in [-0.05, 0) is 12.1 Å². The Bertz CT molecular complexity index is 548. The number of benzene rings is 1. The maximum absolute atomic E-state index is 13.9. The third-order valence-corrected chi connectivity index (χ3v) is 3.00. The maximum atomic E-state index is 13.9. The molecule has 0 bridgehead atoms. The number of nitrogens with zero attached hydrogens (tertiary/aromatic N) is 3. The van der Waals surface area contributed by atoms with E-state index in [0.717, 1.165) is 0 Å². The summed E-state index contributed by atoms with van der Waals surface area (Å²) in [4.78, 5) is 0. The van der Waals surface area contributed by atoms with Gasteiger partial charge in [0.05, 0.1) is 17.9 Å². The first-order valence-corrected chi connectivity index (χ1v) is 5.79. The minimum Gasteiger partial charge on any atom is -0.271 e. The van der Waals surface area contributed by atoms with Crippen LogP contribution in [0.1, 0.15) is 17.3 Å². The van der Waals surface area contributed by atoms with Crippen LogP contribution >= 0.6 is 15.9 Å². The summed E-state index contributed by atoms with van der Waals surface area (Å²) in [6.07, 6.45) is 1.39. The molecule has 0 aliphatic rings. The lowest BCUT2D eigenvalue weighted by Gasteiger charge is -2.17. The Balaban J connectivity index is 2.56. The van der Waals surface area contributed by atoms with Crippen molar-refractivity contribution < 1.29 is 8.78 Å². The van der Waals surface area contributed by atoms with Crippen LogP contribution in [0.3, 0.4) is 0 Å². The average Bonchev–Trinajstić information content (AvgIpc) is 2.69.